The van der Waals surface area contributed by atoms with E-state index < -0.39 is 5.97 Å². The van der Waals surface area contributed by atoms with Crippen LogP contribution >= 0.6 is 0 Å². The van der Waals surface area contributed by atoms with Crippen LogP contribution in [0.25, 0.3) is 0 Å². The number of aromatic carboxylic acids is 1. The topological polar surface area (TPSA) is 98.0 Å². The molecule has 1 aromatic rings. The predicted molar refractivity (Wildman–Crippen MR) is 65.8 cm³/mol. The first-order valence-corrected chi connectivity index (χ1v) is 5.84. The maximum Gasteiger partial charge on any atom is 0.335 e. The number of hydrogen-bond acceptors (Lipinski definition) is 4. The summed E-state index contributed by atoms with van der Waals surface area (Å²) >= 11 is 0. The Morgan fingerprint density at radius 1 is 0.889 bits per heavy atom. The van der Waals surface area contributed by atoms with Gasteiger partial charge in [-0.1, -0.05) is 0 Å². The summed E-state index contributed by atoms with van der Waals surface area (Å²) in [5.74, 6) is -1.04. The Morgan fingerprint density at radius 3 is 1.67 bits per heavy atom. The zero-order chi connectivity index (χ0) is 13.5. The largest absolute Gasteiger partial charge is 0.478 e. The van der Waals surface area contributed by atoms with Crippen molar-refractivity contribution in [1.82, 2.24) is 0 Å². The van der Waals surface area contributed by atoms with Crippen LogP contribution in [0.4, 0.5) is 0 Å². The molecule has 0 aromatic heterocycles. The number of hydrogen-bond donors (Lipinski definition) is 4. The van der Waals surface area contributed by atoms with E-state index in [-0.39, 0.29) is 25.4 Å². The SMILES string of the molecule is O=C(O)c1cc(CCO)c(CCO)c(CCO)c1. The maximum absolute atomic E-state index is 11.0. The fourth-order valence-electron chi connectivity index (χ4n) is 2.04. The standard InChI is InChI=1S/C13H18O5/c14-4-1-9-7-11(13(17)18)8-10(2-5-15)12(9)3-6-16/h7-8,14-16H,1-6H2,(H,17,18). The normalized spacial score (nSPS) is 10.6. The molecule has 0 radical (unpaired) electrons. The number of carbonyl (C=O) groups is 1. The molecule has 5 nitrogen and oxygen atoms in total. The maximum atomic E-state index is 11.0. The highest BCUT2D eigenvalue weighted by molar-refractivity contribution is 5.88. The summed E-state index contributed by atoms with van der Waals surface area (Å²) in [6.07, 6.45) is 1.08. The fourth-order valence-corrected chi connectivity index (χ4v) is 2.04. The number of aliphatic hydroxyl groups excluding tert-OH is 3. The molecule has 5 heteroatoms. The van der Waals surface area contributed by atoms with E-state index in [1.807, 2.05) is 0 Å². The smallest absolute Gasteiger partial charge is 0.335 e. The number of rotatable bonds is 7. The van der Waals surface area contributed by atoms with Gasteiger partial charge in [-0.3, -0.25) is 0 Å². The molecule has 18 heavy (non-hydrogen) atoms. The van der Waals surface area contributed by atoms with Crippen LogP contribution in [0, 0.1) is 0 Å². The summed E-state index contributed by atoms with van der Waals surface area (Å²) in [6, 6.07) is 3.04. The number of carboxylic acid groups (broad SMARTS) is 1. The van der Waals surface area contributed by atoms with Gasteiger partial charge < -0.3 is 20.4 Å². The van der Waals surface area contributed by atoms with E-state index in [2.05, 4.69) is 0 Å². The molecule has 0 aliphatic carbocycles. The Kier molecular flexibility index (Phi) is 5.77. The highest BCUT2D eigenvalue weighted by Crippen LogP contribution is 2.20. The minimum absolute atomic E-state index is 0.0523. The average Bonchev–Trinajstić information content (AvgIpc) is 2.33. The van der Waals surface area contributed by atoms with Crippen molar-refractivity contribution in [3.63, 3.8) is 0 Å². The fraction of sp³-hybridized carbons (Fsp3) is 0.462. The van der Waals surface area contributed by atoms with Crippen LogP contribution in [0.3, 0.4) is 0 Å². The lowest BCUT2D eigenvalue weighted by atomic mass is 9.92. The van der Waals surface area contributed by atoms with Gasteiger partial charge in [0.1, 0.15) is 0 Å². The van der Waals surface area contributed by atoms with Gasteiger partial charge in [-0.05, 0) is 48.1 Å². The molecule has 0 saturated heterocycles. The molecule has 4 N–H and O–H groups in total. The Labute approximate surface area is 105 Å². The first kappa shape index (κ1) is 14.6. The van der Waals surface area contributed by atoms with Crippen molar-refractivity contribution in [3.8, 4) is 0 Å². The van der Waals surface area contributed by atoms with E-state index in [0.29, 0.717) is 19.3 Å². The summed E-state index contributed by atoms with van der Waals surface area (Å²) in [5, 5.41) is 36.1. The van der Waals surface area contributed by atoms with Gasteiger partial charge in [-0.2, -0.15) is 0 Å². The van der Waals surface area contributed by atoms with Crippen LogP contribution in [0.15, 0.2) is 12.1 Å². The number of aliphatic hydroxyl groups is 3. The lowest BCUT2D eigenvalue weighted by Crippen LogP contribution is -2.10. The van der Waals surface area contributed by atoms with Crippen molar-refractivity contribution in [1.29, 1.82) is 0 Å². The summed E-state index contributed by atoms with van der Waals surface area (Å²) in [4.78, 5) is 11.0. The predicted octanol–water partition coefficient (Wildman–Crippen LogP) is -0.0108. The third-order valence-electron chi connectivity index (χ3n) is 2.81. The quantitative estimate of drug-likeness (QED) is 0.548. The molecular formula is C13H18O5. The Hall–Kier alpha value is -1.43. The van der Waals surface area contributed by atoms with Crippen LogP contribution in [0.5, 0.6) is 0 Å². The second-order valence-corrected chi connectivity index (χ2v) is 4.00. The molecule has 0 amide bonds. The molecule has 0 fully saturated rings. The summed E-state index contributed by atoms with van der Waals surface area (Å²) in [5.41, 5.74) is 2.40. The Bertz CT molecular complexity index is 387. The minimum Gasteiger partial charge on any atom is -0.478 e. The van der Waals surface area contributed by atoms with Crippen molar-refractivity contribution in [2.75, 3.05) is 19.8 Å². The van der Waals surface area contributed by atoms with E-state index in [1.54, 1.807) is 0 Å². The van der Waals surface area contributed by atoms with Crippen molar-refractivity contribution >= 4 is 5.97 Å². The van der Waals surface area contributed by atoms with Gasteiger partial charge in [0, 0.05) is 19.8 Å². The molecule has 0 bridgehead atoms. The van der Waals surface area contributed by atoms with Gasteiger partial charge in [0.05, 0.1) is 5.56 Å². The average molecular weight is 254 g/mol. The van der Waals surface area contributed by atoms with Crippen LogP contribution in [-0.2, 0) is 19.3 Å². The summed E-state index contributed by atoms with van der Waals surface area (Å²) < 4.78 is 0. The van der Waals surface area contributed by atoms with Gasteiger partial charge in [0.2, 0.25) is 0 Å². The minimum atomic E-state index is -1.04. The van der Waals surface area contributed by atoms with Gasteiger partial charge in [0.25, 0.3) is 0 Å². The summed E-state index contributed by atoms with van der Waals surface area (Å²) in [6.45, 7) is -0.219. The molecule has 0 spiro atoms. The lowest BCUT2D eigenvalue weighted by Gasteiger charge is -2.14. The van der Waals surface area contributed by atoms with Gasteiger partial charge in [-0.25, -0.2) is 4.79 Å². The molecule has 1 rings (SSSR count). The molecular weight excluding hydrogens is 236 g/mol. The highest BCUT2D eigenvalue weighted by atomic mass is 16.4. The lowest BCUT2D eigenvalue weighted by molar-refractivity contribution is 0.0696. The Balaban J connectivity index is 3.28. The molecule has 0 saturated carbocycles. The second kappa shape index (κ2) is 7.10. The molecule has 100 valence electrons. The van der Waals surface area contributed by atoms with Gasteiger partial charge in [-0.15, -0.1) is 0 Å². The molecule has 0 aliphatic heterocycles. The van der Waals surface area contributed by atoms with Crippen LogP contribution < -0.4 is 0 Å². The van der Waals surface area contributed by atoms with Gasteiger partial charge in [0.15, 0.2) is 0 Å². The number of carboxylic acids is 1. The van der Waals surface area contributed by atoms with E-state index in [4.69, 9.17) is 20.4 Å². The molecule has 0 atom stereocenters. The highest BCUT2D eigenvalue weighted by Gasteiger charge is 2.13. The Morgan fingerprint density at radius 2 is 1.33 bits per heavy atom. The van der Waals surface area contributed by atoms with E-state index in [1.165, 1.54) is 12.1 Å². The third-order valence-corrected chi connectivity index (χ3v) is 2.81. The zero-order valence-corrected chi connectivity index (χ0v) is 10.1. The third kappa shape index (κ3) is 3.53. The van der Waals surface area contributed by atoms with E-state index in [0.717, 1.165) is 16.7 Å². The van der Waals surface area contributed by atoms with Crippen molar-refractivity contribution < 1.29 is 25.2 Å². The van der Waals surface area contributed by atoms with Crippen LogP contribution in [0.2, 0.25) is 0 Å². The molecule has 0 unspecified atom stereocenters. The van der Waals surface area contributed by atoms with E-state index in [9.17, 15) is 4.79 Å². The molecule has 0 heterocycles. The monoisotopic (exact) mass is 254 g/mol. The molecule has 1 aromatic carbocycles. The van der Waals surface area contributed by atoms with Crippen molar-refractivity contribution in [2.24, 2.45) is 0 Å². The van der Waals surface area contributed by atoms with E-state index >= 15 is 0 Å². The number of benzene rings is 1. The second-order valence-electron chi connectivity index (χ2n) is 4.00. The van der Waals surface area contributed by atoms with Crippen LogP contribution in [-0.4, -0.2) is 46.2 Å². The summed E-state index contributed by atoms with van der Waals surface area (Å²) in [7, 11) is 0. The first-order valence-electron chi connectivity index (χ1n) is 5.84. The molecule has 0 aliphatic rings. The van der Waals surface area contributed by atoms with Crippen LogP contribution in [0.1, 0.15) is 27.0 Å². The van der Waals surface area contributed by atoms with Gasteiger partial charge >= 0.3 is 5.97 Å². The van der Waals surface area contributed by atoms with Crippen molar-refractivity contribution in [3.05, 3.63) is 34.4 Å². The van der Waals surface area contributed by atoms with Crippen molar-refractivity contribution in [2.45, 2.75) is 19.3 Å². The zero-order valence-electron chi connectivity index (χ0n) is 10.1. The first-order chi connectivity index (χ1) is 8.63.